The Hall–Kier alpha value is -4.85. The number of aryl methyl sites for hydroxylation is 1. The number of benzene rings is 4. The molecule has 5 rings (SSSR count). The number of hydrogen-bond donors (Lipinski definition) is 4. The van der Waals surface area contributed by atoms with Crippen LogP contribution >= 0.6 is 0 Å². The summed E-state index contributed by atoms with van der Waals surface area (Å²) in [6.45, 7) is 1.71. The number of halogens is 1. The van der Waals surface area contributed by atoms with Crippen molar-refractivity contribution in [2.45, 2.75) is 13.3 Å². The molecule has 0 saturated heterocycles. The van der Waals surface area contributed by atoms with Gasteiger partial charge in [0.15, 0.2) is 0 Å². The Balaban J connectivity index is 1.34. The minimum absolute atomic E-state index is 0.151. The molecule has 36 heavy (non-hydrogen) atoms. The summed E-state index contributed by atoms with van der Waals surface area (Å²) in [5.74, 6) is -2.07. The lowest BCUT2D eigenvalue weighted by Crippen LogP contribution is -2.29. The number of hydrogen-bond acceptors (Lipinski definition) is 5. The first-order valence-corrected chi connectivity index (χ1v) is 11.1. The number of rotatable bonds is 6. The van der Waals surface area contributed by atoms with E-state index < -0.39 is 24.1 Å². The van der Waals surface area contributed by atoms with Gasteiger partial charge in [-0.1, -0.05) is 42.5 Å². The van der Waals surface area contributed by atoms with E-state index in [-0.39, 0.29) is 11.1 Å². The van der Waals surface area contributed by atoms with Crippen LogP contribution in [0.1, 0.15) is 26.3 Å². The van der Waals surface area contributed by atoms with E-state index in [2.05, 4.69) is 10.6 Å². The van der Waals surface area contributed by atoms with Crippen LogP contribution < -0.4 is 15.4 Å². The van der Waals surface area contributed by atoms with Crippen molar-refractivity contribution < 1.29 is 28.9 Å². The van der Waals surface area contributed by atoms with E-state index in [9.17, 15) is 19.1 Å². The highest BCUT2D eigenvalue weighted by molar-refractivity contribution is 5.90. The molecule has 1 unspecified atom stereocenters. The number of carbonyl (C=O) groups is 2. The van der Waals surface area contributed by atoms with Crippen LogP contribution in [0.15, 0.2) is 78.9 Å². The average molecular weight is 484 g/mol. The summed E-state index contributed by atoms with van der Waals surface area (Å²) in [4.78, 5) is 22.4. The van der Waals surface area contributed by atoms with Gasteiger partial charge >= 0.3 is 11.9 Å². The first-order chi connectivity index (χ1) is 17.3. The average Bonchev–Trinajstić information content (AvgIpc) is 3.25. The molecule has 4 aromatic carbocycles. The fourth-order valence-electron chi connectivity index (χ4n) is 4.10. The second-order valence-electron chi connectivity index (χ2n) is 8.41. The maximum atomic E-state index is 15.0. The van der Waals surface area contributed by atoms with Gasteiger partial charge in [-0.3, -0.25) is 0 Å². The zero-order chi connectivity index (χ0) is 25.4. The van der Waals surface area contributed by atoms with E-state index in [1.54, 1.807) is 61.5 Å². The van der Waals surface area contributed by atoms with Crippen LogP contribution in [0.4, 0.5) is 15.8 Å². The largest absolute Gasteiger partial charge is 0.478 e. The molecular formula is C28H21FN2O5. The smallest absolute Gasteiger partial charge is 0.336 e. The fraction of sp³-hybridized carbons (Fsp3) is 0.0714. The summed E-state index contributed by atoms with van der Waals surface area (Å²) in [6.07, 6.45) is -0.699. The molecular weight excluding hydrogens is 463 g/mol. The van der Waals surface area contributed by atoms with Crippen molar-refractivity contribution in [1.82, 2.24) is 0 Å². The number of nitrogens with one attached hydrogen (secondary N) is 2. The van der Waals surface area contributed by atoms with Crippen LogP contribution in [0.5, 0.6) is 5.75 Å². The Labute approximate surface area is 205 Å². The number of aromatic carboxylic acids is 2. The van der Waals surface area contributed by atoms with Gasteiger partial charge < -0.3 is 25.6 Å². The normalized spacial score (nSPS) is 13.9. The maximum Gasteiger partial charge on any atom is 0.336 e. The van der Waals surface area contributed by atoms with Crippen LogP contribution in [-0.2, 0) is 0 Å². The van der Waals surface area contributed by atoms with E-state index in [1.807, 2.05) is 12.1 Å². The highest BCUT2D eigenvalue weighted by Crippen LogP contribution is 2.37. The van der Waals surface area contributed by atoms with Gasteiger partial charge in [-0.15, -0.1) is 0 Å². The van der Waals surface area contributed by atoms with Crippen molar-refractivity contribution >= 4 is 23.3 Å². The van der Waals surface area contributed by atoms with Gasteiger partial charge in [0.25, 0.3) is 0 Å². The highest BCUT2D eigenvalue weighted by Gasteiger charge is 2.24. The summed E-state index contributed by atoms with van der Waals surface area (Å²) in [5.41, 5.74) is 4.98. The molecule has 0 saturated carbocycles. The minimum atomic E-state index is -1.04. The van der Waals surface area contributed by atoms with Crippen LogP contribution in [-0.4, -0.2) is 28.5 Å². The Morgan fingerprint density at radius 1 is 0.778 bits per heavy atom. The number of fused-ring (bicyclic) bond motifs is 1. The standard InChI is InChI=1S/C28H21FN2O5/c1-15-2-11-20(12-21(15)27(34)35)36-28-30-24-13-22(23(29)14-25(24)31-28)18-7-3-16(4-8-18)17-5-9-19(10-6-17)26(32)33/h2-14,28,30-31H,1H3,(H,32,33)(H,34,35). The quantitative estimate of drug-likeness (QED) is 0.263. The Morgan fingerprint density at radius 2 is 1.36 bits per heavy atom. The van der Waals surface area contributed by atoms with Crippen molar-refractivity contribution in [3.63, 3.8) is 0 Å². The first kappa shape index (κ1) is 22.9. The Kier molecular flexibility index (Phi) is 5.77. The summed E-state index contributed by atoms with van der Waals surface area (Å²) in [6, 6.07) is 21.8. The summed E-state index contributed by atoms with van der Waals surface area (Å²) in [5, 5.41) is 24.6. The number of carboxylic acid groups (broad SMARTS) is 2. The van der Waals surface area contributed by atoms with Crippen molar-refractivity contribution in [1.29, 1.82) is 0 Å². The van der Waals surface area contributed by atoms with Gasteiger partial charge in [-0.05, 0) is 65.6 Å². The SMILES string of the molecule is Cc1ccc(OC2Nc3cc(F)c(-c4ccc(-c5ccc(C(=O)O)cc5)cc4)cc3N2)cc1C(=O)O. The molecule has 180 valence electrons. The molecule has 8 heteroatoms. The van der Waals surface area contributed by atoms with Crippen molar-refractivity contribution in [2.24, 2.45) is 0 Å². The molecule has 0 amide bonds. The third-order valence-corrected chi connectivity index (χ3v) is 6.03. The van der Waals surface area contributed by atoms with E-state index >= 15 is 0 Å². The molecule has 4 N–H and O–H groups in total. The number of carboxylic acids is 2. The van der Waals surface area contributed by atoms with Gasteiger partial charge in [0, 0.05) is 5.56 Å². The number of anilines is 2. The number of ether oxygens (including phenoxy) is 1. The van der Waals surface area contributed by atoms with Crippen LogP contribution in [0.2, 0.25) is 0 Å². The monoisotopic (exact) mass is 484 g/mol. The summed E-state index contributed by atoms with van der Waals surface area (Å²) < 4.78 is 20.8. The van der Waals surface area contributed by atoms with Crippen molar-refractivity contribution in [2.75, 3.05) is 10.6 Å². The minimum Gasteiger partial charge on any atom is -0.478 e. The Morgan fingerprint density at radius 3 is 1.97 bits per heavy atom. The van der Waals surface area contributed by atoms with E-state index in [1.165, 1.54) is 12.1 Å². The lowest BCUT2D eigenvalue weighted by molar-refractivity contribution is 0.0685. The predicted octanol–water partition coefficient (Wildman–Crippen LogP) is 6.06. The lowest BCUT2D eigenvalue weighted by atomic mass is 9.99. The molecule has 0 aromatic heterocycles. The molecule has 0 aliphatic carbocycles. The predicted molar refractivity (Wildman–Crippen MR) is 134 cm³/mol. The summed E-state index contributed by atoms with van der Waals surface area (Å²) >= 11 is 0. The Bertz CT molecular complexity index is 1480. The zero-order valence-corrected chi connectivity index (χ0v) is 19.1. The van der Waals surface area contributed by atoms with Gasteiger partial charge in [0.1, 0.15) is 11.6 Å². The van der Waals surface area contributed by atoms with Gasteiger partial charge in [-0.25, -0.2) is 14.0 Å². The molecule has 0 spiro atoms. The maximum absolute atomic E-state index is 15.0. The molecule has 1 atom stereocenters. The summed E-state index contributed by atoms with van der Waals surface area (Å²) in [7, 11) is 0. The van der Waals surface area contributed by atoms with E-state index in [0.29, 0.717) is 33.8 Å². The second-order valence-corrected chi connectivity index (χ2v) is 8.41. The van der Waals surface area contributed by atoms with Gasteiger partial charge in [-0.2, -0.15) is 0 Å². The van der Waals surface area contributed by atoms with Crippen LogP contribution in [0.25, 0.3) is 22.3 Å². The van der Waals surface area contributed by atoms with Gasteiger partial charge in [0.05, 0.1) is 22.5 Å². The highest BCUT2D eigenvalue weighted by atomic mass is 19.1. The molecule has 0 fully saturated rings. The molecule has 0 radical (unpaired) electrons. The molecule has 1 heterocycles. The molecule has 0 bridgehead atoms. The third-order valence-electron chi connectivity index (χ3n) is 6.03. The third kappa shape index (κ3) is 4.44. The zero-order valence-electron chi connectivity index (χ0n) is 19.1. The second kappa shape index (κ2) is 9.07. The van der Waals surface area contributed by atoms with E-state index in [0.717, 1.165) is 11.1 Å². The molecule has 1 aliphatic heterocycles. The molecule has 1 aliphatic rings. The lowest BCUT2D eigenvalue weighted by Gasteiger charge is -2.15. The van der Waals surface area contributed by atoms with Crippen LogP contribution in [0, 0.1) is 12.7 Å². The molecule has 7 nitrogen and oxygen atoms in total. The van der Waals surface area contributed by atoms with Crippen molar-refractivity contribution in [3.8, 4) is 28.0 Å². The molecule has 4 aromatic rings. The fourth-order valence-corrected chi connectivity index (χ4v) is 4.10. The first-order valence-electron chi connectivity index (χ1n) is 11.1. The van der Waals surface area contributed by atoms with Gasteiger partial charge in [0.2, 0.25) is 6.35 Å². The van der Waals surface area contributed by atoms with Crippen LogP contribution in [0.3, 0.4) is 0 Å². The van der Waals surface area contributed by atoms with E-state index in [4.69, 9.17) is 9.84 Å². The van der Waals surface area contributed by atoms with Crippen molar-refractivity contribution in [3.05, 3.63) is 101 Å². The topological polar surface area (TPSA) is 108 Å².